The van der Waals surface area contributed by atoms with Gasteiger partial charge >= 0.3 is 5.97 Å². The normalized spacial score (nSPS) is 14.0. The third-order valence-corrected chi connectivity index (χ3v) is 5.35. The number of sulfone groups is 1. The molecule has 0 aliphatic heterocycles. The number of carboxylic acid groups (broad SMARTS) is 1. The lowest BCUT2D eigenvalue weighted by molar-refractivity contribution is -0.145. The largest absolute Gasteiger partial charge is 0.479 e. The van der Waals surface area contributed by atoms with E-state index in [-0.39, 0.29) is 22.8 Å². The van der Waals surface area contributed by atoms with Gasteiger partial charge in [-0.1, -0.05) is 13.3 Å². The molecule has 0 fully saturated rings. The van der Waals surface area contributed by atoms with Crippen LogP contribution in [-0.2, 0) is 19.4 Å². The number of methoxy groups -OCH3 is 1. The molecule has 7 nitrogen and oxygen atoms in total. The van der Waals surface area contributed by atoms with Crippen LogP contribution >= 0.6 is 0 Å². The molecule has 0 aliphatic carbocycles. The summed E-state index contributed by atoms with van der Waals surface area (Å²) in [5.74, 6) is -1.79. The van der Waals surface area contributed by atoms with Gasteiger partial charge in [-0.25, -0.2) is 13.2 Å². The van der Waals surface area contributed by atoms with Gasteiger partial charge in [0.1, 0.15) is 0 Å². The molecule has 1 atom stereocenters. The molecular formula is C16H23NO6S. The van der Waals surface area contributed by atoms with Gasteiger partial charge < -0.3 is 15.2 Å². The van der Waals surface area contributed by atoms with E-state index < -0.39 is 27.3 Å². The predicted octanol–water partition coefficient (Wildman–Crippen LogP) is 1.48. The summed E-state index contributed by atoms with van der Waals surface area (Å²) in [4.78, 5) is 23.6. The number of carbonyl (C=O) groups is 2. The molecule has 8 heteroatoms. The molecule has 1 aromatic carbocycles. The van der Waals surface area contributed by atoms with Crippen molar-refractivity contribution in [3.63, 3.8) is 0 Å². The Hall–Kier alpha value is -1.93. The first-order valence-corrected chi connectivity index (χ1v) is 9.19. The Morgan fingerprint density at radius 2 is 1.83 bits per heavy atom. The molecule has 0 aliphatic rings. The topological polar surface area (TPSA) is 110 Å². The van der Waals surface area contributed by atoms with Crippen LogP contribution in [0.2, 0.25) is 0 Å². The van der Waals surface area contributed by atoms with E-state index >= 15 is 0 Å². The predicted molar refractivity (Wildman–Crippen MR) is 88.8 cm³/mol. The first-order chi connectivity index (χ1) is 11.2. The van der Waals surface area contributed by atoms with Crippen molar-refractivity contribution in [3.8, 4) is 0 Å². The van der Waals surface area contributed by atoms with Crippen LogP contribution in [0.4, 0.5) is 0 Å². The van der Waals surface area contributed by atoms with E-state index in [4.69, 9.17) is 4.74 Å². The minimum absolute atomic E-state index is 0.0555. The molecule has 0 heterocycles. The molecule has 0 radical (unpaired) electrons. The molecule has 0 bridgehead atoms. The monoisotopic (exact) mass is 357 g/mol. The maximum absolute atomic E-state index is 12.2. The second-order valence-corrected chi connectivity index (χ2v) is 7.83. The minimum Gasteiger partial charge on any atom is -0.479 e. The number of rotatable bonds is 9. The summed E-state index contributed by atoms with van der Waals surface area (Å²) in [5, 5.41) is 11.6. The molecule has 1 aromatic rings. The Morgan fingerprint density at radius 1 is 1.25 bits per heavy atom. The average Bonchev–Trinajstić information content (AvgIpc) is 2.53. The maximum atomic E-state index is 12.2. The van der Waals surface area contributed by atoms with Crippen LogP contribution in [0.5, 0.6) is 0 Å². The van der Waals surface area contributed by atoms with Crippen molar-refractivity contribution in [2.75, 3.05) is 19.5 Å². The summed E-state index contributed by atoms with van der Waals surface area (Å²) in [6.45, 7) is 3.04. The Bertz CT molecular complexity index is 683. The second kappa shape index (κ2) is 8.25. The maximum Gasteiger partial charge on any atom is 0.331 e. The van der Waals surface area contributed by atoms with Gasteiger partial charge in [0.15, 0.2) is 15.4 Å². The number of nitrogens with one attached hydrogen (secondary N) is 1. The van der Waals surface area contributed by atoms with E-state index in [1.54, 1.807) is 0 Å². The Balaban J connectivity index is 2.93. The van der Waals surface area contributed by atoms with E-state index in [0.29, 0.717) is 6.42 Å². The molecule has 24 heavy (non-hydrogen) atoms. The SMILES string of the molecule is CCCCS(=O)(=O)c1ccc(C(=O)NC(C)(COC)C(=O)O)cc1. The highest BCUT2D eigenvalue weighted by Crippen LogP contribution is 2.15. The van der Waals surface area contributed by atoms with E-state index in [1.165, 1.54) is 38.3 Å². The van der Waals surface area contributed by atoms with Gasteiger partial charge in [0, 0.05) is 12.7 Å². The highest BCUT2D eigenvalue weighted by atomic mass is 32.2. The quantitative estimate of drug-likeness (QED) is 0.693. The standard InChI is InChI=1S/C16H23NO6S/c1-4-5-10-24(21,22)13-8-6-12(7-9-13)14(18)17-16(2,11-23-3)15(19)20/h6-9H,4-5,10-11H2,1-3H3,(H,17,18)(H,19,20). The molecule has 2 N–H and O–H groups in total. The summed E-state index contributed by atoms with van der Waals surface area (Å²) < 4.78 is 29.0. The summed E-state index contributed by atoms with van der Waals surface area (Å²) >= 11 is 0. The number of ether oxygens (including phenoxy) is 1. The van der Waals surface area contributed by atoms with Crippen LogP contribution in [-0.4, -0.2) is 50.4 Å². The van der Waals surface area contributed by atoms with Crippen LogP contribution in [0.1, 0.15) is 37.0 Å². The van der Waals surface area contributed by atoms with Crippen molar-refractivity contribution in [2.45, 2.75) is 37.1 Å². The third-order valence-electron chi connectivity index (χ3n) is 3.54. The van der Waals surface area contributed by atoms with Crippen LogP contribution in [0.3, 0.4) is 0 Å². The third kappa shape index (κ3) is 5.04. The van der Waals surface area contributed by atoms with Gasteiger partial charge in [-0.15, -0.1) is 0 Å². The van der Waals surface area contributed by atoms with Gasteiger partial charge in [-0.05, 0) is 37.6 Å². The molecule has 0 saturated heterocycles. The molecule has 1 rings (SSSR count). The van der Waals surface area contributed by atoms with Crippen molar-refractivity contribution in [3.05, 3.63) is 29.8 Å². The molecular weight excluding hydrogens is 334 g/mol. The van der Waals surface area contributed by atoms with E-state index in [1.807, 2.05) is 6.92 Å². The summed E-state index contributed by atoms with van der Waals surface area (Å²) in [6.07, 6.45) is 1.34. The van der Waals surface area contributed by atoms with Gasteiger partial charge in [0.2, 0.25) is 0 Å². The lowest BCUT2D eigenvalue weighted by Gasteiger charge is -2.25. The van der Waals surface area contributed by atoms with Crippen LogP contribution in [0.25, 0.3) is 0 Å². The number of carboxylic acids is 1. The average molecular weight is 357 g/mol. The van der Waals surface area contributed by atoms with Crippen LogP contribution < -0.4 is 5.32 Å². The number of carbonyl (C=O) groups excluding carboxylic acids is 1. The molecule has 1 amide bonds. The smallest absolute Gasteiger partial charge is 0.331 e. The number of aliphatic carboxylic acids is 1. The summed E-state index contributed by atoms with van der Waals surface area (Å²) in [6, 6.07) is 5.44. The number of hydrogen-bond donors (Lipinski definition) is 2. The zero-order chi connectivity index (χ0) is 18.4. The van der Waals surface area contributed by atoms with Gasteiger partial charge in [-0.3, -0.25) is 4.79 Å². The zero-order valence-corrected chi connectivity index (χ0v) is 14.9. The van der Waals surface area contributed by atoms with Crippen LogP contribution in [0.15, 0.2) is 29.2 Å². The van der Waals surface area contributed by atoms with Crippen molar-refractivity contribution in [2.24, 2.45) is 0 Å². The Morgan fingerprint density at radius 3 is 2.29 bits per heavy atom. The molecule has 0 aromatic heterocycles. The highest BCUT2D eigenvalue weighted by molar-refractivity contribution is 7.91. The molecule has 0 spiro atoms. The fourth-order valence-corrected chi connectivity index (χ4v) is 3.48. The molecule has 134 valence electrons. The fraction of sp³-hybridized carbons (Fsp3) is 0.500. The summed E-state index contributed by atoms with van der Waals surface area (Å²) in [7, 11) is -2.03. The Kier molecular flexibility index (Phi) is 6.92. The molecule has 0 saturated carbocycles. The van der Waals surface area contributed by atoms with Crippen molar-refractivity contribution >= 4 is 21.7 Å². The van der Waals surface area contributed by atoms with Gasteiger partial charge in [-0.2, -0.15) is 0 Å². The second-order valence-electron chi connectivity index (χ2n) is 5.72. The van der Waals surface area contributed by atoms with Crippen molar-refractivity contribution in [1.82, 2.24) is 5.32 Å². The number of hydrogen-bond acceptors (Lipinski definition) is 5. The van der Waals surface area contributed by atoms with E-state index in [0.717, 1.165) is 6.42 Å². The van der Waals surface area contributed by atoms with Crippen molar-refractivity contribution < 1.29 is 27.9 Å². The first kappa shape index (κ1) is 20.1. The Labute approximate surface area is 141 Å². The highest BCUT2D eigenvalue weighted by Gasteiger charge is 2.35. The number of benzene rings is 1. The first-order valence-electron chi connectivity index (χ1n) is 7.54. The molecule has 1 unspecified atom stereocenters. The van der Waals surface area contributed by atoms with E-state index in [2.05, 4.69) is 5.32 Å². The zero-order valence-electron chi connectivity index (χ0n) is 14.0. The lowest BCUT2D eigenvalue weighted by atomic mass is 10.0. The van der Waals surface area contributed by atoms with Crippen molar-refractivity contribution in [1.29, 1.82) is 0 Å². The lowest BCUT2D eigenvalue weighted by Crippen LogP contribution is -2.55. The van der Waals surface area contributed by atoms with Gasteiger partial charge in [0.05, 0.1) is 17.3 Å². The fourth-order valence-electron chi connectivity index (χ4n) is 2.03. The van der Waals surface area contributed by atoms with Gasteiger partial charge in [0.25, 0.3) is 5.91 Å². The number of amides is 1. The van der Waals surface area contributed by atoms with Crippen LogP contribution in [0, 0.1) is 0 Å². The number of unbranched alkanes of at least 4 members (excludes halogenated alkanes) is 1. The summed E-state index contributed by atoms with van der Waals surface area (Å²) in [5.41, 5.74) is -1.40. The minimum atomic E-state index is -3.37. The van der Waals surface area contributed by atoms with E-state index in [9.17, 15) is 23.1 Å².